The zero-order valence-corrected chi connectivity index (χ0v) is 22.2. The molecule has 0 saturated heterocycles. The summed E-state index contributed by atoms with van der Waals surface area (Å²) in [5.74, 6) is 1.99. The molecular formula is C29H28Cl2N2O4. The highest BCUT2D eigenvalue weighted by Crippen LogP contribution is 2.32. The van der Waals surface area contributed by atoms with Crippen molar-refractivity contribution in [3.63, 3.8) is 0 Å². The summed E-state index contributed by atoms with van der Waals surface area (Å²) in [6.45, 7) is 2.50. The molecule has 4 aromatic rings. The number of esters is 1. The van der Waals surface area contributed by atoms with Gasteiger partial charge in [-0.05, 0) is 66.4 Å². The summed E-state index contributed by atoms with van der Waals surface area (Å²) in [6.07, 6.45) is 3.19. The number of hydrogen-bond donors (Lipinski definition) is 1. The fourth-order valence-electron chi connectivity index (χ4n) is 3.84. The number of carbonyl (C=O) groups excluding carboxylic acids is 1. The third kappa shape index (κ3) is 7.06. The lowest BCUT2D eigenvalue weighted by Crippen LogP contribution is -2.08. The van der Waals surface area contributed by atoms with Crippen molar-refractivity contribution in [1.29, 1.82) is 0 Å². The molecule has 0 saturated carbocycles. The first-order valence-corrected chi connectivity index (χ1v) is 12.8. The van der Waals surface area contributed by atoms with Gasteiger partial charge < -0.3 is 19.2 Å². The average Bonchev–Trinajstić information content (AvgIpc) is 3.40. The van der Waals surface area contributed by atoms with Crippen molar-refractivity contribution in [2.45, 2.75) is 32.3 Å². The highest BCUT2D eigenvalue weighted by molar-refractivity contribution is 6.36. The van der Waals surface area contributed by atoms with Gasteiger partial charge in [0.25, 0.3) is 0 Å². The molecule has 6 nitrogen and oxygen atoms in total. The molecule has 0 amide bonds. The fraction of sp³-hybridized carbons (Fsp3) is 0.241. The molecule has 0 spiro atoms. The summed E-state index contributed by atoms with van der Waals surface area (Å²) in [4.78, 5) is 19.1. The summed E-state index contributed by atoms with van der Waals surface area (Å²) in [7, 11) is 1.39. The van der Waals surface area contributed by atoms with Crippen molar-refractivity contribution in [2.24, 2.45) is 0 Å². The van der Waals surface area contributed by atoms with Gasteiger partial charge in [-0.15, -0.1) is 0 Å². The standard InChI is InChI=1S/C29H28Cl2N2O4/c1-3-27(29-32-18-26(33-29)24-14-11-21(30)17-25(24)31)37-22-12-9-19(10-13-22)20-6-4-7-23(16-20)36-15-5-8-28(34)35-2/h4,6-7,9-14,16-18,27H,3,5,8,15H2,1-2H3,(H,32,33). The number of H-pyrrole nitrogens is 1. The van der Waals surface area contributed by atoms with Gasteiger partial charge in [0.2, 0.25) is 0 Å². The van der Waals surface area contributed by atoms with Crippen LogP contribution in [0, 0.1) is 0 Å². The van der Waals surface area contributed by atoms with E-state index in [1.54, 1.807) is 18.3 Å². The summed E-state index contributed by atoms with van der Waals surface area (Å²) in [6, 6.07) is 21.2. The van der Waals surface area contributed by atoms with Crippen LogP contribution in [-0.2, 0) is 9.53 Å². The Labute approximate surface area is 226 Å². The Morgan fingerprint density at radius 3 is 2.54 bits per heavy atom. The number of carbonyl (C=O) groups is 1. The van der Waals surface area contributed by atoms with E-state index < -0.39 is 0 Å². The minimum Gasteiger partial charge on any atom is -0.494 e. The number of ether oxygens (including phenoxy) is 3. The predicted molar refractivity (Wildman–Crippen MR) is 146 cm³/mol. The van der Waals surface area contributed by atoms with Gasteiger partial charge in [-0.1, -0.05) is 54.4 Å². The van der Waals surface area contributed by atoms with Crippen molar-refractivity contribution in [1.82, 2.24) is 9.97 Å². The molecule has 0 aliphatic heterocycles. The molecule has 3 aromatic carbocycles. The minimum atomic E-state index is -0.243. The van der Waals surface area contributed by atoms with E-state index in [1.165, 1.54) is 7.11 Å². The van der Waals surface area contributed by atoms with Crippen molar-refractivity contribution >= 4 is 29.2 Å². The lowest BCUT2D eigenvalue weighted by Gasteiger charge is -2.16. The van der Waals surface area contributed by atoms with Crippen LogP contribution in [0.15, 0.2) is 72.9 Å². The maximum atomic E-state index is 11.2. The number of nitrogens with zero attached hydrogens (tertiary/aromatic N) is 1. The first-order chi connectivity index (χ1) is 18.0. The summed E-state index contributed by atoms with van der Waals surface area (Å²) < 4.78 is 16.7. The van der Waals surface area contributed by atoms with E-state index in [1.807, 2.05) is 61.5 Å². The topological polar surface area (TPSA) is 73.4 Å². The molecule has 1 N–H and O–H groups in total. The van der Waals surface area contributed by atoms with Crippen LogP contribution < -0.4 is 9.47 Å². The lowest BCUT2D eigenvalue weighted by atomic mass is 10.1. The van der Waals surface area contributed by atoms with Crippen LogP contribution in [0.3, 0.4) is 0 Å². The predicted octanol–water partition coefficient (Wildman–Crippen LogP) is 7.91. The molecule has 37 heavy (non-hydrogen) atoms. The van der Waals surface area contributed by atoms with Crippen LogP contribution in [0.1, 0.15) is 38.1 Å². The highest BCUT2D eigenvalue weighted by atomic mass is 35.5. The fourth-order valence-corrected chi connectivity index (χ4v) is 4.35. The third-order valence-corrected chi connectivity index (χ3v) is 6.36. The Bertz CT molecular complexity index is 1340. The zero-order valence-electron chi connectivity index (χ0n) is 20.7. The first-order valence-electron chi connectivity index (χ1n) is 12.0. The molecule has 0 aliphatic carbocycles. The Kier molecular flexibility index (Phi) is 9.09. The largest absolute Gasteiger partial charge is 0.494 e. The van der Waals surface area contributed by atoms with Crippen molar-refractivity contribution < 1.29 is 19.0 Å². The van der Waals surface area contributed by atoms with Crippen LogP contribution in [0.5, 0.6) is 11.5 Å². The van der Waals surface area contributed by atoms with E-state index in [0.29, 0.717) is 29.5 Å². The molecule has 4 rings (SSSR count). The third-order valence-electron chi connectivity index (χ3n) is 5.81. The SMILES string of the molecule is CCC(Oc1ccc(-c2cccc(OCCCC(=O)OC)c2)cc1)c1ncc(-c2ccc(Cl)cc2Cl)[nH]1. The van der Waals surface area contributed by atoms with Gasteiger partial charge in [0, 0.05) is 17.0 Å². The molecule has 1 heterocycles. The number of hydrogen-bond acceptors (Lipinski definition) is 5. The molecule has 1 atom stereocenters. The Morgan fingerprint density at radius 2 is 1.81 bits per heavy atom. The quantitative estimate of drug-likeness (QED) is 0.155. The van der Waals surface area contributed by atoms with Gasteiger partial charge in [0.1, 0.15) is 17.3 Å². The van der Waals surface area contributed by atoms with E-state index in [-0.39, 0.29) is 12.1 Å². The molecule has 8 heteroatoms. The number of benzene rings is 3. The molecule has 0 fully saturated rings. The van der Waals surface area contributed by atoms with Gasteiger partial charge in [-0.2, -0.15) is 0 Å². The van der Waals surface area contributed by atoms with Crippen LogP contribution in [0.25, 0.3) is 22.4 Å². The summed E-state index contributed by atoms with van der Waals surface area (Å²) in [5.41, 5.74) is 3.71. The number of aromatic nitrogens is 2. The van der Waals surface area contributed by atoms with Gasteiger partial charge in [-0.25, -0.2) is 4.98 Å². The average molecular weight is 539 g/mol. The van der Waals surface area contributed by atoms with Gasteiger partial charge in [-0.3, -0.25) is 4.79 Å². The number of rotatable bonds is 11. The Morgan fingerprint density at radius 1 is 1.00 bits per heavy atom. The summed E-state index contributed by atoms with van der Waals surface area (Å²) in [5, 5.41) is 1.14. The van der Waals surface area contributed by atoms with Crippen molar-refractivity contribution in [2.75, 3.05) is 13.7 Å². The number of nitrogens with one attached hydrogen (secondary N) is 1. The lowest BCUT2D eigenvalue weighted by molar-refractivity contribution is -0.140. The van der Waals surface area contributed by atoms with Gasteiger partial charge in [0.15, 0.2) is 6.10 Å². The van der Waals surface area contributed by atoms with Crippen LogP contribution in [0.2, 0.25) is 10.0 Å². The van der Waals surface area contributed by atoms with E-state index in [4.69, 9.17) is 32.7 Å². The maximum absolute atomic E-state index is 11.2. The highest BCUT2D eigenvalue weighted by Gasteiger charge is 2.17. The van der Waals surface area contributed by atoms with Crippen LogP contribution >= 0.6 is 23.2 Å². The molecule has 0 aliphatic rings. The van der Waals surface area contributed by atoms with Gasteiger partial charge in [0.05, 0.1) is 30.6 Å². The second-order valence-electron chi connectivity index (χ2n) is 8.40. The Balaban J connectivity index is 1.40. The second-order valence-corrected chi connectivity index (χ2v) is 9.25. The number of halogens is 2. The van der Waals surface area contributed by atoms with E-state index >= 15 is 0 Å². The van der Waals surface area contributed by atoms with Gasteiger partial charge >= 0.3 is 5.97 Å². The van der Waals surface area contributed by atoms with E-state index in [2.05, 4.69) is 14.7 Å². The Hall–Kier alpha value is -3.48. The van der Waals surface area contributed by atoms with Crippen LogP contribution in [0.4, 0.5) is 0 Å². The summed E-state index contributed by atoms with van der Waals surface area (Å²) >= 11 is 12.4. The number of aromatic amines is 1. The van der Waals surface area contributed by atoms with Crippen LogP contribution in [-0.4, -0.2) is 29.7 Å². The normalized spacial score (nSPS) is 11.7. The van der Waals surface area contributed by atoms with Crippen molar-refractivity contribution in [3.05, 3.63) is 88.8 Å². The second kappa shape index (κ2) is 12.7. The molecule has 1 aromatic heterocycles. The van der Waals surface area contributed by atoms with E-state index in [0.717, 1.165) is 46.1 Å². The van der Waals surface area contributed by atoms with Crippen molar-refractivity contribution in [3.8, 4) is 33.9 Å². The first kappa shape index (κ1) is 26.6. The molecule has 192 valence electrons. The monoisotopic (exact) mass is 538 g/mol. The maximum Gasteiger partial charge on any atom is 0.305 e. The minimum absolute atomic E-state index is 0.233. The molecule has 0 radical (unpaired) electrons. The zero-order chi connectivity index (χ0) is 26.2. The molecule has 1 unspecified atom stereocenters. The smallest absolute Gasteiger partial charge is 0.305 e. The molecular weight excluding hydrogens is 511 g/mol. The molecule has 0 bridgehead atoms. The van der Waals surface area contributed by atoms with E-state index in [9.17, 15) is 4.79 Å². The number of methoxy groups -OCH3 is 1. The number of imidazole rings is 1.